The van der Waals surface area contributed by atoms with Crippen molar-refractivity contribution in [2.24, 2.45) is 0 Å². The third kappa shape index (κ3) is 4.75. The maximum absolute atomic E-state index is 12.9. The average molecular weight is 343 g/mol. The number of halogens is 1. The second kappa shape index (κ2) is 7.59. The summed E-state index contributed by atoms with van der Waals surface area (Å²) in [7, 11) is 0. The summed E-state index contributed by atoms with van der Waals surface area (Å²) in [5, 5.41) is 3.01. The molecule has 0 bridgehead atoms. The lowest BCUT2D eigenvalue weighted by atomic mass is 9.92. The zero-order valence-corrected chi connectivity index (χ0v) is 14.5. The van der Waals surface area contributed by atoms with Gasteiger partial charge < -0.3 is 10.1 Å². The van der Waals surface area contributed by atoms with Crippen LogP contribution in [-0.4, -0.2) is 28.0 Å². The number of ether oxygens (including phenoxy) is 1. The van der Waals surface area contributed by atoms with Crippen molar-refractivity contribution in [1.29, 1.82) is 0 Å². The Hall–Kier alpha value is -2.50. The monoisotopic (exact) mass is 343 g/mol. The van der Waals surface area contributed by atoms with Crippen LogP contribution in [0.3, 0.4) is 0 Å². The maximum atomic E-state index is 12.9. The van der Waals surface area contributed by atoms with Crippen molar-refractivity contribution < 1.29 is 13.9 Å². The molecule has 1 aromatic heterocycles. The molecule has 1 saturated carbocycles. The van der Waals surface area contributed by atoms with Crippen LogP contribution in [0, 0.1) is 19.7 Å². The van der Waals surface area contributed by atoms with Crippen LogP contribution in [0.4, 0.5) is 4.39 Å². The number of carbonyl (C=O) groups excluding carboxylic acids is 1. The fourth-order valence-corrected chi connectivity index (χ4v) is 3.09. The molecule has 0 unspecified atom stereocenters. The van der Waals surface area contributed by atoms with Gasteiger partial charge in [-0.2, -0.15) is 0 Å². The highest BCUT2D eigenvalue weighted by Gasteiger charge is 2.24. The van der Waals surface area contributed by atoms with E-state index in [1.54, 1.807) is 0 Å². The Morgan fingerprint density at radius 1 is 1.08 bits per heavy atom. The summed E-state index contributed by atoms with van der Waals surface area (Å²) in [5.41, 5.74) is 2.26. The number of hydrogen-bond acceptors (Lipinski definition) is 4. The second-order valence-electron chi connectivity index (χ2n) is 6.51. The Balaban J connectivity index is 1.50. The van der Waals surface area contributed by atoms with Gasteiger partial charge in [-0.05, 0) is 69.9 Å². The van der Waals surface area contributed by atoms with Crippen LogP contribution < -0.4 is 10.1 Å². The zero-order valence-electron chi connectivity index (χ0n) is 14.5. The third-order valence-corrected chi connectivity index (χ3v) is 4.35. The maximum Gasteiger partial charge on any atom is 0.317 e. The van der Waals surface area contributed by atoms with Crippen molar-refractivity contribution >= 4 is 5.91 Å². The minimum Gasteiger partial charge on any atom is -0.460 e. The fraction of sp³-hybridized carbons (Fsp3) is 0.421. The summed E-state index contributed by atoms with van der Waals surface area (Å²) in [4.78, 5) is 20.8. The Bertz CT molecular complexity index is 721. The molecule has 132 valence electrons. The lowest BCUT2D eigenvalue weighted by Gasteiger charge is -2.29. The molecule has 0 spiro atoms. The molecular formula is C19H22FN3O2. The van der Waals surface area contributed by atoms with Crippen LogP contribution in [0.1, 0.15) is 47.4 Å². The molecular weight excluding hydrogens is 321 g/mol. The molecule has 6 heteroatoms. The van der Waals surface area contributed by atoms with Crippen LogP contribution >= 0.6 is 0 Å². The van der Waals surface area contributed by atoms with Crippen LogP contribution in [0.2, 0.25) is 0 Å². The van der Waals surface area contributed by atoms with E-state index in [9.17, 15) is 9.18 Å². The molecule has 1 amide bonds. The van der Waals surface area contributed by atoms with E-state index in [2.05, 4.69) is 15.3 Å². The normalized spacial score (nSPS) is 20.1. The number of nitrogens with one attached hydrogen (secondary N) is 1. The van der Waals surface area contributed by atoms with E-state index in [0.29, 0.717) is 11.6 Å². The van der Waals surface area contributed by atoms with E-state index in [0.717, 1.165) is 37.1 Å². The van der Waals surface area contributed by atoms with Gasteiger partial charge in [0, 0.05) is 23.0 Å². The molecule has 1 aliphatic carbocycles. The van der Waals surface area contributed by atoms with E-state index < -0.39 is 0 Å². The highest BCUT2D eigenvalue weighted by Crippen LogP contribution is 2.23. The number of benzene rings is 1. The first kappa shape index (κ1) is 17.3. The molecule has 0 saturated heterocycles. The summed E-state index contributed by atoms with van der Waals surface area (Å²) < 4.78 is 18.8. The number of rotatable bonds is 4. The lowest BCUT2D eigenvalue weighted by Crippen LogP contribution is -2.39. The summed E-state index contributed by atoms with van der Waals surface area (Å²) in [6, 6.07) is 8.03. The van der Waals surface area contributed by atoms with Crippen LogP contribution in [0.25, 0.3) is 0 Å². The van der Waals surface area contributed by atoms with Crippen molar-refractivity contribution in [1.82, 2.24) is 15.3 Å². The molecule has 25 heavy (non-hydrogen) atoms. The number of amides is 1. The fourth-order valence-electron chi connectivity index (χ4n) is 3.09. The van der Waals surface area contributed by atoms with Gasteiger partial charge in [-0.1, -0.05) is 0 Å². The first-order valence-corrected chi connectivity index (χ1v) is 8.55. The predicted octanol–water partition coefficient (Wildman–Crippen LogP) is 3.35. The third-order valence-electron chi connectivity index (χ3n) is 4.35. The van der Waals surface area contributed by atoms with Gasteiger partial charge in [0.1, 0.15) is 11.9 Å². The minimum atomic E-state index is -0.345. The van der Waals surface area contributed by atoms with Crippen molar-refractivity contribution in [3.05, 3.63) is 53.1 Å². The van der Waals surface area contributed by atoms with Crippen LogP contribution in [-0.2, 0) is 0 Å². The van der Waals surface area contributed by atoms with Gasteiger partial charge in [0.05, 0.1) is 0 Å². The first-order valence-electron chi connectivity index (χ1n) is 8.55. The van der Waals surface area contributed by atoms with Crippen LogP contribution in [0.5, 0.6) is 6.01 Å². The number of nitrogens with zero attached hydrogens (tertiary/aromatic N) is 2. The Kier molecular flexibility index (Phi) is 5.26. The summed E-state index contributed by atoms with van der Waals surface area (Å²) in [5.74, 6) is -0.509. The molecule has 2 aromatic rings. The van der Waals surface area contributed by atoms with Crippen molar-refractivity contribution in [3.63, 3.8) is 0 Å². The van der Waals surface area contributed by atoms with Gasteiger partial charge in [0.25, 0.3) is 5.91 Å². The van der Waals surface area contributed by atoms with Gasteiger partial charge in [0.15, 0.2) is 0 Å². The van der Waals surface area contributed by atoms with Gasteiger partial charge in [-0.15, -0.1) is 0 Å². The molecule has 1 aromatic carbocycles. The number of aromatic nitrogens is 2. The van der Waals surface area contributed by atoms with Crippen molar-refractivity contribution in [2.75, 3.05) is 0 Å². The highest BCUT2D eigenvalue weighted by atomic mass is 19.1. The van der Waals surface area contributed by atoms with E-state index in [1.165, 1.54) is 24.3 Å². The second-order valence-corrected chi connectivity index (χ2v) is 6.51. The van der Waals surface area contributed by atoms with Gasteiger partial charge in [-0.25, -0.2) is 14.4 Å². The average Bonchev–Trinajstić information content (AvgIpc) is 2.56. The zero-order chi connectivity index (χ0) is 17.8. The predicted molar refractivity (Wildman–Crippen MR) is 92.0 cm³/mol. The molecule has 3 rings (SSSR count). The van der Waals surface area contributed by atoms with E-state index in [-0.39, 0.29) is 23.9 Å². The summed E-state index contributed by atoms with van der Waals surface area (Å²) >= 11 is 0. The number of carbonyl (C=O) groups is 1. The Morgan fingerprint density at radius 3 is 2.28 bits per heavy atom. The molecule has 0 aliphatic heterocycles. The largest absolute Gasteiger partial charge is 0.460 e. The molecule has 1 N–H and O–H groups in total. The van der Waals surface area contributed by atoms with Gasteiger partial charge >= 0.3 is 6.01 Å². The van der Waals surface area contributed by atoms with Gasteiger partial charge in [-0.3, -0.25) is 4.79 Å². The quantitative estimate of drug-likeness (QED) is 0.925. The molecule has 0 atom stereocenters. The minimum absolute atomic E-state index is 0.0696. The first-order chi connectivity index (χ1) is 12.0. The standard InChI is InChI=1S/C19H22FN3O2/c1-12-11-13(2)22-19(21-12)25-17-9-7-16(8-10-17)23-18(24)14-3-5-15(20)6-4-14/h3-6,11,16-17H,7-10H2,1-2H3,(H,23,24). The molecule has 1 fully saturated rings. The van der Waals surface area contributed by atoms with E-state index in [1.807, 2.05) is 19.9 Å². The number of aryl methyl sites for hydroxylation is 2. The Labute approximate surface area is 146 Å². The molecule has 1 heterocycles. The van der Waals surface area contributed by atoms with Crippen molar-refractivity contribution in [2.45, 2.75) is 51.7 Å². The van der Waals surface area contributed by atoms with E-state index in [4.69, 9.17) is 4.74 Å². The van der Waals surface area contributed by atoms with Gasteiger partial charge in [0.2, 0.25) is 0 Å². The summed E-state index contributed by atoms with van der Waals surface area (Å²) in [6.45, 7) is 3.84. The lowest BCUT2D eigenvalue weighted by molar-refractivity contribution is 0.0884. The van der Waals surface area contributed by atoms with Crippen molar-refractivity contribution in [3.8, 4) is 6.01 Å². The number of hydrogen-bond donors (Lipinski definition) is 1. The highest BCUT2D eigenvalue weighted by molar-refractivity contribution is 5.94. The van der Waals surface area contributed by atoms with E-state index >= 15 is 0 Å². The Morgan fingerprint density at radius 2 is 1.68 bits per heavy atom. The SMILES string of the molecule is Cc1cc(C)nc(OC2CCC(NC(=O)c3ccc(F)cc3)CC2)n1. The smallest absolute Gasteiger partial charge is 0.317 e. The topological polar surface area (TPSA) is 64.1 Å². The molecule has 5 nitrogen and oxygen atoms in total. The van der Waals surface area contributed by atoms with Crippen LogP contribution in [0.15, 0.2) is 30.3 Å². The molecule has 0 radical (unpaired) electrons. The molecule has 1 aliphatic rings. The summed E-state index contributed by atoms with van der Waals surface area (Å²) in [6.07, 6.45) is 3.42.